The van der Waals surface area contributed by atoms with E-state index in [1.165, 1.54) is 0 Å². The number of hydrogen-bond acceptors (Lipinski definition) is 2. The van der Waals surface area contributed by atoms with E-state index in [1.807, 2.05) is 24.3 Å². The fourth-order valence-corrected chi connectivity index (χ4v) is 1.62. The Morgan fingerprint density at radius 3 is 2.69 bits per heavy atom. The number of hydrogen-bond donors (Lipinski definition) is 1. The molecule has 0 unspecified atom stereocenters. The highest BCUT2D eigenvalue weighted by Gasteiger charge is 2.17. The second-order valence-electron chi connectivity index (χ2n) is 4.66. The molecule has 0 heterocycles. The summed E-state index contributed by atoms with van der Waals surface area (Å²) in [5, 5.41) is 12.6. The Hall–Kier alpha value is -1.20. The summed E-state index contributed by atoms with van der Waals surface area (Å²) in [7, 11) is 0. The van der Waals surface area contributed by atoms with Crippen molar-refractivity contribution in [1.29, 1.82) is 5.26 Å². The van der Waals surface area contributed by atoms with E-state index in [1.54, 1.807) is 0 Å². The van der Waals surface area contributed by atoms with Crippen molar-refractivity contribution in [2.45, 2.75) is 26.7 Å². The van der Waals surface area contributed by atoms with Crippen molar-refractivity contribution in [3.63, 3.8) is 0 Å². The normalized spacial score (nSPS) is 10.9. The maximum absolute atomic E-state index is 8.57. The van der Waals surface area contributed by atoms with Gasteiger partial charge in [0.2, 0.25) is 0 Å². The Morgan fingerprint density at radius 2 is 2.06 bits per heavy atom. The molecule has 2 nitrogen and oxygen atoms in total. The van der Waals surface area contributed by atoms with Crippen molar-refractivity contribution in [1.82, 2.24) is 0 Å². The van der Waals surface area contributed by atoms with E-state index in [2.05, 4.69) is 25.2 Å². The van der Waals surface area contributed by atoms with Crippen LogP contribution in [0.4, 0.5) is 5.69 Å². The lowest BCUT2D eigenvalue weighted by Crippen LogP contribution is -2.23. The van der Waals surface area contributed by atoms with Gasteiger partial charge in [0.1, 0.15) is 0 Å². The van der Waals surface area contributed by atoms with E-state index in [9.17, 15) is 0 Å². The zero-order valence-corrected chi connectivity index (χ0v) is 10.5. The fourth-order valence-electron chi connectivity index (χ4n) is 1.42. The van der Waals surface area contributed by atoms with E-state index in [4.69, 9.17) is 16.9 Å². The first-order chi connectivity index (χ1) is 7.55. The zero-order chi connectivity index (χ0) is 12.0. The lowest BCUT2D eigenvalue weighted by Gasteiger charge is -2.24. The molecule has 3 heteroatoms. The Labute approximate surface area is 102 Å². The van der Waals surface area contributed by atoms with Gasteiger partial charge in [-0.15, -0.1) is 0 Å². The predicted octanol–water partition coefficient (Wildman–Crippen LogP) is 4.08. The van der Waals surface area contributed by atoms with Crippen molar-refractivity contribution in [3.8, 4) is 6.07 Å². The van der Waals surface area contributed by atoms with Gasteiger partial charge in [-0.1, -0.05) is 37.6 Å². The summed E-state index contributed by atoms with van der Waals surface area (Å²) >= 11 is 6.04. The van der Waals surface area contributed by atoms with Crippen LogP contribution in [0.5, 0.6) is 0 Å². The molecular formula is C13H17ClN2. The van der Waals surface area contributed by atoms with Crippen molar-refractivity contribution in [2.75, 3.05) is 11.9 Å². The van der Waals surface area contributed by atoms with Crippen LogP contribution in [0.3, 0.4) is 0 Å². The summed E-state index contributed by atoms with van der Waals surface area (Å²) in [6.45, 7) is 5.11. The average Bonchev–Trinajstić information content (AvgIpc) is 2.26. The average molecular weight is 237 g/mol. The molecule has 86 valence electrons. The van der Waals surface area contributed by atoms with Gasteiger partial charge >= 0.3 is 0 Å². The molecule has 0 atom stereocenters. The number of nitrogens with one attached hydrogen (secondary N) is 1. The van der Waals surface area contributed by atoms with Crippen molar-refractivity contribution >= 4 is 17.3 Å². The third-order valence-electron chi connectivity index (χ3n) is 2.54. The highest BCUT2D eigenvalue weighted by Crippen LogP contribution is 2.25. The van der Waals surface area contributed by atoms with E-state index in [-0.39, 0.29) is 5.41 Å². The third kappa shape index (κ3) is 4.12. The van der Waals surface area contributed by atoms with Gasteiger partial charge in [0.25, 0.3) is 0 Å². The molecule has 0 bridgehead atoms. The number of anilines is 1. The van der Waals surface area contributed by atoms with Crippen LogP contribution in [0.25, 0.3) is 0 Å². The number of nitriles is 1. The summed E-state index contributed by atoms with van der Waals surface area (Å²) in [4.78, 5) is 0. The number of nitrogens with zero attached hydrogens (tertiary/aromatic N) is 1. The first-order valence-electron chi connectivity index (χ1n) is 5.40. The van der Waals surface area contributed by atoms with Crippen LogP contribution in [0.1, 0.15) is 26.7 Å². The van der Waals surface area contributed by atoms with Gasteiger partial charge in [-0.2, -0.15) is 5.26 Å². The highest BCUT2D eigenvalue weighted by atomic mass is 35.5. The molecule has 0 saturated carbocycles. The molecule has 0 aromatic heterocycles. The number of rotatable bonds is 5. The Bertz CT molecular complexity index is 380. The van der Waals surface area contributed by atoms with E-state index in [0.29, 0.717) is 6.42 Å². The predicted molar refractivity (Wildman–Crippen MR) is 68.6 cm³/mol. The maximum Gasteiger partial charge on any atom is 0.0637 e. The first-order valence-corrected chi connectivity index (χ1v) is 5.78. The fraction of sp³-hybridized carbons (Fsp3) is 0.462. The lowest BCUT2D eigenvalue weighted by atomic mass is 9.88. The summed E-state index contributed by atoms with van der Waals surface area (Å²) < 4.78 is 0. The summed E-state index contributed by atoms with van der Waals surface area (Å²) in [6.07, 6.45) is 1.48. The molecule has 0 amide bonds. The summed E-state index contributed by atoms with van der Waals surface area (Å²) in [6, 6.07) is 9.87. The van der Waals surface area contributed by atoms with E-state index >= 15 is 0 Å². The van der Waals surface area contributed by atoms with Crippen molar-refractivity contribution in [3.05, 3.63) is 29.3 Å². The van der Waals surface area contributed by atoms with Gasteiger partial charge in [-0.3, -0.25) is 0 Å². The number of halogens is 1. The van der Waals surface area contributed by atoms with Crippen LogP contribution < -0.4 is 5.32 Å². The van der Waals surface area contributed by atoms with Gasteiger partial charge < -0.3 is 5.32 Å². The zero-order valence-electron chi connectivity index (χ0n) is 9.76. The van der Waals surface area contributed by atoms with Crippen LogP contribution in [-0.4, -0.2) is 6.54 Å². The molecule has 1 N–H and O–H groups in total. The van der Waals surface area contributed by atoms with E-state index in [0.717, 1.165) is 23.7 Å². The molecule has 0 aliphatic carbocycles. The third-order valence-corrected chi connectivity index (χ3v) is 2.87. The smallest absolute Gasteiger partial charge is 0.0637 e. The molecule has 1 rings (SSSR count). The van der Waals surface area contributed by atoms with Gasteiger partial charge in [-0.25, -0.2) is 0 Å². The number of para-hydroxylation sites is 1. The maximum atomic E-state index is 8.57. The lowest BCUT2D eigenvalue weighted by molar-refractivity contribution is 0.364. The van der Waals surface area contributed by atoms with Gasteiger partial charge in [0, 0.05) is 13.0 Å². The monoisotopic (exact) mass is 236 g/mol. The second-order valence-corrected chi connectivity index (χ2v) is 5.06. The van der Waals surface area contributed by atoms with Crippen LogP contribution in [0, 0.1) is 16.7 Å². The molecule has 0 fully saturated rings. The minimum absolute atomic E-state index is 0.106. The second kappa shape index (κ2) is 5.77. The molecule has 1 aromatic rings. The highest BCUT2D eigenvalue weighted by molar-refractivity contribution is 6.33. The molecule has 1 aromatic carbocycles. The SMILES string of the molecule is CC(C)(CCC#N)CNc1ccccc1Cl. The molecule has 0 spiro atoms. The Kier molecular flexibility index (Phi) is 4.64. The Morgan fingerprint density at radius 1 is 1.38 bits per heavy atom. The molecular weight excluding hydrogens is 220 g/mol. The summed E-state index contributed by atoms with van der Waals surface area (Å²) in [5.41, 5.74) is 1.06. The number of benzene rings is 1. The quantitative estimate of drug-likeness (QED) is 0.836. The van der Waals surface area contributed by atoms with Crippen molar-refractivity contribution in [2.24, 2.45) is 5.41 Å². The van der Waals surface area contributed by atoms with Gasteiger partial charge in [-0.05, 0) is 24.0 Å². The molecule has 16 heavy (non-hydrogen) atoms. The largest absolute Gasteiger partial charge is 0.383 e. The summed E-state index contributed by atoms with van der Waals surface area (Å²) in [5.74, 6) is 0. The molecule has 0 saturated heterocycles. The van der Waals surface area contributed by atoms with Gasteiger partial charge in [0.05, 0.1) is 16.8 Å². The topological polar surface area (TPSA) is 35.8 Å². The van der Waals surface area contributed by atoms with Crippen LogP contribution in [0.15, 0.2) is 24.3 Å². The molecule has 0 aliphatic heterocycles. The Balaban J connectivity index is 2.51. The first kappa shape index (κ1) is 12.9. The minimum Gasteiger partial charge on any atom is -0.383 e. The minimum atomic E-state index is 0.106. The van der Waals surface area contributed by atoms with Crippen molar-refractivity contribution < 1.29 is 0 Å². The van der Waals surface area contributed by atoms with Crippen LogP contribution >= 0.6 is 11.6 Å². The van der Waals surface area contributed by atoms with E-state index < -0.39 is 0 Å². The standard InChI is InChI=1S/C13H17ClN2/c1-13(2,8-5-9-15)10-16-12-7-4-3-6-11(12)14/h3-4,6-7,16H,5,8,10H2,1-2H3. The molecule has 0 radical (unpaired) electrons. The van der Waals surface area contributed by atoms with Gasteiger partial charge in [0.15, 0.2) is 0 Å². The van der Waals surface area contributed by atoms with Crippen LogP contribution in [0.2, 0.25) is 5.02 Å². The molecule has 0 aliphatic rings. The van der Waals surface area contributed by atoms with Crippen LogP contribution in [-0.2, 0) is 0 Å².